The van der Waals surface area contributed by atoms with Gasteiger partial charge in [-0.25, -0.2) is 0 Å². The van der Waals surface area contributed by atoms with Crippen molar-refractivity contribution in [1.82, 2.24) is 0 Å². The van der Waals surface area contributed by atoms with E-state index >= 15 is 0 Å². The van der Waals surface area contributed by atoms with Crippen molar-refractivity contribution < 1.29 is 9.84 Å². The predicted molar refractivity (Wildman–Crippen MR) is 84.2 cm³/mol. The van der Waals surface area contributed by atoms with Crippen LogP contribution in [-0.4, -0.2) is 23.9 Å². The number of nitrogens with two attached hydrogens (primary N) is 1. The molecule has 0 heterocycles. The summed E-state index contributed by atoms with van der Waals surface area (Å²) >= 11 is 0. The van der Waals surface area contributed by atoms with Gasteiger partial charge < -0.3 is 15.6 Å². The van der Waals surface area contributed by atoms with Crippen LogP contribution in [0.2, 0.25) is 0 Å². The highest BCUT2D eigenvalue weighted by Gasteiger charge is 2.18. The zero-order valence-electron chi connectivity index (χ0n) is 13.3. The molecule has 1 unspecified atom stereocenters. The number of rotatable bonds is 8. The molecule has 0 aromatic heterocycles. The first-order valence-electron chi connectivity index (χ1n) is 7.46. The first-order valence-corrected chi connectivity index (χ1v) is 7.46. The minimum Gasteiger partial charge on any atom is -0.494 e. The first kappa shape index (κ1) is 17.0. The van der Waals surface area contributed by atoms with Gasteiger partial charge in [0.05, 0.1) is 12.2 Å². The van der Waals surface area contributed by atoms with Gasteiger partial charge in [-0.05, 0) is 49.3 Å². The van der Waals surface area contributed by atoms with Crippen LogP contribution in [0.5, 0.6) is 5.75 Å². The molecule has 3 nitrogen and oxygen atoms in total. The van der Waals surface area contributed by atoms with Gasteiger partial charge in [0, 0.05) is 6.54 Å². The average Bonchev–Trinajstić information content (AvgIpc) is 2.44. The average molecular weight is 279 g/mol. The first-order chi connectivity index (χ1) is 9.30. The number of ether oxygens (including phenoxy) is 1. The van der Waals surface area contributed by atoms with Crippen molar-refractivity contribution in [3.63, 3.8) is 0 Å². The number of aliphatic hydroxyl groups is 1. The van der Waals surface area contributed by atoms with E-state index in [-0.39, 0.29) is 12.0 Å². The topological polar surface area (TPSA) is 55.5 Å². The third-order valence-corrected chi connectivity index (χ3v) is 4.09. The molecule has 0 saturated heterocycles. The zero-order chi connectivity index (χ0) is 15.2. The van der Waals surface area contributed by atoms with Crippen molar-refractivity contribution in [2.24, 2.45) is 5.73 Å². The number of hydrogen-bond acceptors (Lipinski definition) is 3. The Morgan fingerprint density at radius 3 is 2.25 bits per heavy atom. The van der Waals surface area contributed by atoms with E-state index in [1.54, 1.807) is 6.92 Å². The predicted octanol–water partition coefficient (Wildman–Crippen LogP) is 3.24. The third-order valence-electron chi connectivity index (χ3n) is 4.09. The molecular weight excluding hydrogens is 250 g/mol. The molecule has 3 heteroatoms. The van der Waals surface area contributed by atoms with Gasteiger partial charge in [0.15, 0.2) is 0 Å². The summed E-state index contributed by atoms with van der Waals surface area (Å²) in [5, 5.41) is 9.79. The van der Waals surface area contributed by atoms with Crippen molar-refractivity contribution >= 4 is 0 Å². The van der Waals surface area contributed by atoms with E-state index in [9.17, 15) is 5.11 Å². The summed E-state index contributed by atoms with van der Waals surface area (Å²) in [5.41, 5.74) is 6.24. The summed E-state index contributed by atoms with van der Waals surface area (Å²) in [7, 11) is 0. The van der Waals surface area contributed by atoms with Gasteiger partial charge in [-0.15, -0.1) is 0 Å². The normalized spacial score (nSPS) is 14.9. The maximum absolute atomic E-state index is 9.79. The Bertz CT molecular complexity index is 396. The van der Waals surface area contributed by atoms with Crippen LogP contribution in [0.3, 0.4) is 0 Å². The SMILES string of the molecule is CCC(C)(C)c1ccc(OCCCC(C)(O)CN)cc1. The van der Waals surface area contributed by atoms with Crippen LogP contribution in [-0.2, 0) is 5.41 Å². The zero-order valence-corrected chi connectivity index (χ0v) is 13.3. The monoisotopic (exact) mass is 279 g/mol. The van der Waals surface area contributed by atoms with E-state index in [2.05, 4.69) is 32.9 Å². The molecule has 20 heavy (non-hydrogen) atoms. The highest BCUT2D eigenvalue weighted by atomic mass is 16.5. The molecule has 0 aliphatic rings. The number of benzene rings is 1. The minimum atomic E-state index is -0.779. The van der Waals surface area contributed by atoms with Crippen molar-refractivity contribution in [2.75, 3.05) is 13.2 Å². The summed E-state index contributed by atoms with van der Waals surface area (Å²) in [4.78, 5) is 0. The lowest BCUT2D eigenvalue weighted by Gasteiger charge is -2.23. The quantitative estimate of drug-likeness (QED) is 0.718. The van der Waals surface area contributed by atoms with Crippen molar-refractivity contribution in [3.8, 4) is 5.75 Å². The second-order valence-corrected chi connectivity index (χ2v) is 6.41. The molecule has 0 spiro atoms. The fourth-order valence-electron chi connectivity index (χ4n) is 1.95. The van der Waals surface area contributed by atoms with Crippen LogP contribution < -0.4 is 10.5 Å². The second kappa shape index (κ2) is 7.09. The molecule has 1 aromatic carbocycles. The molecule has 0 fully saturated rings. The lowest BCUT2D eigenvalue weighted by molar-refractivity contribution is 0.0536. The van der Waals surface area contributed by atoms with E-state index in [1.807, 2.05) is 12.1 Å². The van der Waals surface area contributed by atoms with E-state index < -0.39 is 5.60 Å². The smallest absolute Gasteiger partial charge is 0.119 e. The lowest BCUT2D eigenvalue weighted by Crippen LogP contribution is -2.34. The highest BCUT2D eigenvalue weighted by Crippen LogP contribution is 2.28. The third kappa shape index (κ3) is 5.14. The summed E-state index contributed by atoms with van der Waals surface area (Å²) in [6.45, 7) is 9.35. The summed E-state index contributed by atoms with van der Waals surface area (Å²) < 4.78 is 5.70. The molecule has 3 N–H and O–H groups in total. The van der Waals surface area contributed by atoms with Gasteiger partial charge in [0.1, 0.15) is 5.75 Å². The highest BCUT2D eigenvalue weighted by molar-refractivity contribution is 5.31. The largest absolute Gasteiger partial charge is 0.494 e. The van der Waals surface area contributed by atoms with Crippen molar-refractivity contribution in [3.05, 3.63) is 29.8 Å². The minimum absolute atomic E-state index is 0.207. The van der Waals surface area contributed by atoms with Gasteiger partial charge in [-0.3, -0.25) is 0 Å². The van der Waals surface area contributed by atoms with E-state index in [1.165, 1.54) is 5.56 Å². The summed E-state index contributed by atoms with van der Waals surface area (Å²) in [6.07, 6.45) is 2.57. The molecule has 0 aliphatic heterocycles. The van der Waals surface area contributed by atoms with Crippen LogP contribution in [0.1, 0.15) is 52.5 Å². The van der Waals surface area contributed by atoms with E-state index in [4.69, 9.17) is 10.5 Å². The van der Waals surface area contributed by atoms with Crippen LogP contribution in [0.15, 0.2) is 24.3 Å². The summed E-state index contributed by atoms with van der Waals surface area (Å²) in [6, 6.07) is 8.31. The van der Waals surface area contributed by atoms with Crippen molar-refractivity contribution in [1.29, 1.82) is 0 Å². The molecule has 114 valence electrons. The van der Waals surface area contributed by atoms with Crippen molar-refractivity contribution in [2.45, 2.75) is 58.0 Å². The Morgan fingerprint density at radius 1 is 1.15 bits per heavy atom. The van der Waals surface area contributed by atoms with Crippen LogP contribution in [0.4, 0.5) is 0 Å². The van der Waals surface area contributed by atoms with Gasteiger partial charge in [0.25, 0.3) is 0 Å². The maximum atomic E-state index is 9.79. The Kier molecular flexibility index (Phi) is 6.03. The van der Waals surface area contributed by atoms with Gasteiger partial charge >= 0.3 is 0 Å². The molecule has 1 rings (SSSR count). The van der Waals surface area contributed by atoms with E-state index in [0.29, 0.717) is 13.0 Å². The maximum Gasteiger partial charge on any atom is 0.119 e. The Hall–Kier alpha value is -1.06. The molecule has 1 aromatic rings. The molecule has 0 radical (unpaired) electrons. The fourth-order valence-corrected chi connectivity index (χ4v) is 1.95. The van der Waals surface area contributed by atoms with Crippen LogP contribution in [0.25, 0.3) is 0 Å². The molecule has 0 bridgehead atoms. The molecular formula is C17H29NO2. The Morgan fingerprint density at radius 2 is 1.75 bits per heavy atom. The molecule has 0 saturated carbocycles. The Balaban J connectivity index is 2.43. The van der Waals surface area contributed by atoms with Crippen LogP contribution in [0, 0.1) is 0 Å². The summed E-state index contributed by atoms with van der Waals surface area (Å²) in [5.74, 6) is 0.882. The van der Waals surface area contributed by atoms with Gasteiger partial charge in [0.2, 0.25) is 0 Å². The standard InChI is InChI=1S/C17H29NO2/c1-5-16(2,3)14-7-9-15(10-8-14)20-12-6-11-17(4,19)13-18/h7-10,19H,5-6,11-13,18H2,1-4H3. The second-order valence-electron chi connectivity index (χ2n) is 6.41. The number of hydrogen-bond donors (Lipinski definition) is 2. The molecule has 0 aliphatic carbocycles. The van der Waals surface area contributed by atoms with E-state index in [0.717, 1.165) is 18.6 Å². The Labute approximate surface area is 123 Å². The molecule has 1 atom stereocenters. The van der Waals surface area contributed by atoms with Gasteiger partial charge in [-0.2, -0.15) is 0 Å². The molecule has 0 amide bonds. The van der Waals surface area contributed by atoms with Crippen LogP contribution >= 0.6 is 0 Å². The van der Waals surface area contributed by atoms with Gasteiger partial charge in [-0.1, -0.05) is 32.9 Å². The fraction of sp³-hybridized carbons (Fsp3) is 0.647. The lowest BCUT2D eigenvalue weighted by atomic mass is 9.82.